The first-order valence-electron chi connectivity index (χ1n) is 5.54. The van der Waals surface area contributed by atoms with Crippen LogP contribution in [-0.2, 0) is 9.53 Å². The number of carbonyl (C=O) groups excluding carboxylic acids is 1. The molecule has 0 saturated carbocycles. The minimum atomic E-state index is -0.790. The third kappa shape index (κ3) is 3.81. The zero-order valence-corrected chi connectivity index (χ0v) is 12.8. The third-order valence-electron chi connectivity index (χ3n) is 2.94. The highest BCUT2D eigenvalue weighted by Crippen LogP contribution is 2.20. The van der Waals surface area contributed by atoms with Gasteiger partial charge in [-0.1, -0.05) is 0 Å². The second-order valence-electron chi connectivity index (χ2n) is 4.23. The van der Waals surface area contributed by atoms with E-state index in [1.54, 1.807) is 0 Å². The number of hydrogen-bond donors (Lipinski definition) is 2. The highest BCUT2D eigenvalue weighted by atomic mass is 127. The first-order chi connectivity index (χ1) is 8.10. The molecule has 0 atom stereocenters. The van der Waals surface area contributed by atoms with Crippen LogP contribution in [-0.4, -0.2) is 24.7 Å². The van der Waals surface area contributed by atoms with Gasteiger partial charge in [-0.2, -0.15) is 0 Å². The number of benzene rings is 1. The number of amides is 1. The van der Waals surface area contributed by atoms with Crippen molar-refractivity contribution in [1.82, 2.24) is 0 Å². The Bertz CT molecular complexity index is 405. The van der Waals surface area contributed by atoms with Crippen molar-refractivity contribution < 1.29 is 9.53 Å². The van der Waals surface area contributed by atoms with Gasteiger partial charge in [0.05, 0.1) is 0 Å². The fraction of sp³-hybridized carbons (Fsp3) is 0.417. The van der Waals surface area contributed by atoms with Crippen LogP contribution >= 0.6 is 35.0 Å². The molecule has 0 unspecified atom stereocenters. The largest absolute Gasteiger partial charge is 0.381 e. The Labute approximate surface area is 126 Å². The minimum absolute atomic E-state index is 0. The zero-order chi connectivity index (χ0) is 12.3. The molecule has 1 aliphatic heterocycles. The number of rotatable bonds is 2. The maximum atomic E-state index is 12.1. The van der Waals surface area contributed by atoms with Crippen LogP contribution in [0, 0.1) is 3.57 Å². The first-order valence-corrected chi connectivity index (χ1v) is 6.62. The summed E-state index contributed by atoms with van der Waals surface area (Å²) in [6, 6.07) is 7.65. The van der Waals surface area contributed by atoms with Crippen LogP contribution < -0.4 is 11.1 Å². The topological polar surface area (TPSA) is 64.4 Å². The van der Waals surface area contributed by atoms with Crippen LogP contribution in [0.3, 0.4) is 0 Å². The first kappa shape index (κ1) is 15.7. The van der Waals surface area contributed by atoms with E-state index in [0.29, 0.717) is 26.1 Å². The predicted molar refractivity (Wildman–Crippen MR) is 82.0 cm³/mol. The lowest BCUT2D eigenvalue weighted by Crippen LogP contribution is -2.54. The molecule has 1 heterocycles. The predicted octanol–water partition coefficient (Wildman–Crippen LogP) is 2.16. The molecule has 2 rings (SSSR count). The summed E-state index contributed by atoms with van der Waals surface area (Å²) in [6.45, 7) is 1.10. The van der Waals surface area contributed by atoms with Gasteiger partial charge in [0.25, 0.3) is 0 Å². The number of hydrogen-bond acceptors (Lipinski definition) is 3. The molecular weight excluding hydrogens is 367 g/mol. The summed E-state index contributed by atoms with van der Waals surface area (Å²) in [5, 5.41) is 2.86. The molecule has 0 bridgehead atoms. The van der Waals surface area contributed by atoms with Crippen molar-refractivity contribution in [3.63, 3.8) is 0 Å². The van der Waals surface area contributed by atoms with Gasteiger partial charge in [0.15, 0.2) is 0 Å². The minimum Gasteiger partial charge on any atom is -0.381 e. The van der Waals surface area contributed by atoms with Crippen molar-refractivity contribution in [3.8, 4) is 0 Å². The van der Waals surface area contributed by atoms with Gasteiger partial charge in [-0.05, 0) is 59.7 Å². The van der Waals surface area contributed by atoms with E-state index in [9.17, 15) is 4.79 Å². The molecule has 4 nitrogen and oxygen atoms in total. The van der Waals surface area contributed by atoms with Gasteiger partial charge in [0.1, 0.15) is 5.54 Å². The van der Waals surface area contributed by atoms with Gasteiger partial charge in [0, 0.05) is 22.5 Å². The molecule has 6 heteroatoms. The van der Waals surface area contributed by atoms with Gasteiger partial charge < -0.3 is 15.8 Å². The molecule has 0 radical (unpaired) electrons. The average molecular weight is 383 g/mol. The van der Waals surface area contributed by atoms with E-state index in [4.69, 9.17) is 10.5 Å². The molecule has 1 aromatic carbocycles. The lowest BCUT2D eigenvalue weighted by Gasteiger charge is -2.31. The summed E-state index contributed by atoms with van der Waals surface area (Å²) >= 11 is 2.22. The summed E-state index contributed by atoms with van der Waals surface area (Å²) in [4.78, 5) is 12.1. The Morgan fingerprint density at radius 3 is 2.39 bits per heavy atom. The van der Waals surface area contributed by atoms with Crippen molar-refractivity contribution in [1.29, 1.82) is 0 Å². The Hall–Kier alpha value is -0.370. The lowest BCUT2D eigenvalue weighted by atomic mass is 9.90. The van der Waals surface area contributed by atoms with Gasteiger partial charge >= 0.3 is 0 Å². The van der Waals surface area contributed by atoms with Crippen molar-refractivity contribution in [3.05, 3.63) is 27.8 Å². The van der Waals surface area contributed by atoms with E-state index in [1.165, 1.54) is 0 Å². The zero-order valence-electron chi connectivity index (χ0n) is 9.82. The molecule has 1 saturated heterocycles. The number of nitrogens with one attached hydrogen (secondary N) is 1. The summed E-state index contributed by atoms with van der Waals surface area (Å²) < 4.78 is 6.35. The van der Waals surface area contributed by atoms with Gasteiger partial charge in [-0.3, -0.25) is 4.79 Å². The molecule has 100 valence electrons. The van der Waals surface area contributed by atoms with Crippen LogP contribution in [0.2, 0.25) is 0 Å². The molecule has 3 N–H and O–H groups in total. The Morgan fingerprint density at radius 2 is 1.83 bits per heavy atom. The van der Waals surface area contributed by atoms with E-state index < -0.39 is 5.54 Å². The van der Waals surface area contributed by atoms with Crippen molar-refractivity contribution in [2.75, 3.05) is 18.5 Å². The monoisotopic (exact) mass is 382 g/mol. The molecule has 1 aromatic rings. The van der Waals surface area contributed by atoms with Gasteiger partial charge in [-0.15, -0.1) is 12.4 Å². The van der Waals surface area contributed by atoms with Crippen LogP contribution in [0.5, 0.6) is 0 Å². The van der Waals surface area contributed by atoms with Gasteiger partial charge in [-0.25, -0.2) is 0 Å². The number of carbonyl (C=O) groups is 1. The summed E-state index contributed by atoms with van der Waals surface area (Å²) in [7, 11) is 0. The molecule has 0 spiro atoms. The highest BCUT2D eigenvalue weighted by molar-refractivity contribution is 14.1. The second-order valence-corrected chi connectivity index (χ2v) is 5.48. The summed E-state index contributed by atoms with van der Waals surface area (Å²) in [5.41, 5.74) is 6.08. The summed E-state index contributed by atoms with van der Waals surface area (Å²) in [6.07, 6.45) is 1.15. The SMILES string of the molecule is Cl.NC1(C(=O)Nc2ccc(I)cc2)CCOCC1. The van der Waals surface area contributed by atoms with Crippen LogP contribution in [0.1, 0.15) is 12.8 Å². The summed E-state index contributed by atoms with van der Waals surface area (Å²) in [5.74, 6) is -0.123. The van der Waals surface area contributed by atoms with Gasteiger partial charge in [0.2, 0.25) is 5.91 Å². The van der Waals surface area contributed by atoms with E-state index in [-0.39, 0.29) is 18.3 Å². The molecule has 0 aliphatic carbocycles. The number of ether oxygens (including phenoxy) is 1. The maximum absolute atomic E-state index is 12.1. The molecule has 1 fully saturated rings. The Kier molecular flexibility index (Phi) is 5.84. The van der Waals surface area contributed by atoms with E-state index in [0.717, 1.165) is 9.26 Å². The number of halogens is 2. The molecule has 0 aromatic heterocycles. The Balaban J connectivity index is 0.00000162. The number of nitrogens with two attached hydrogens (primary N) is 1. The third-order valence-corrected chi connectivity index (χ3v) is 3.66. The lowest BCUT2D eigenvalue weighted by molar-refractivity contribution is -0.124. The molecule has 1 amide bonds. The van der Waals surface area contributed by atoms with E-state index >= 15 is 0 Å². The fourth-order valence-electron chi connectivity index (χ4n) is 1.75. The standard InChI is InChI=1S/C12H15IN2O2.ClH/c13-9-1-3-10(4-2-9)15-11(16)12(14)5-7-17-8-6-12;/h1-4H,5-8,14H2,(H,15,16);1H. The van der Waals surface area contributed by atoms with E-state index in [1.807, 2.05) is 24.3 Å². The van der Waals surface area contributed by atoms with Crippen LogP contribution in [0.4, 0.5) is 5.69 Å². The molecule has 1 aliphatic rings. The fourth-order valence-corrected chi connectivity index (χ4v) is 2.11. The van der Waals surface area contributed by atoms with Crippen molar-refractivity contribution in [2.45, 2.75) is 18.4 Å². The average Bonchev–Trinajstić information content (AvgIpc) is 2.33. The van der Waals surface area contributed by atoms with Crippen LogP contribution in [0.25, 0.3) is 0 Å². The maximum Gasteiger partial charge on any atom is 0.244 e. The smallest absolute Gasteiger partial charge is 0.244 e. The normalized spacial score (nSPS) is 17.7. The number of anilines is 1. The Morgan fingerprint density at radius 1 is 1.28 bits per heavy atom. The molecule has 18 heavy (non-hydrogen) atoms. The van der Waals surface area contributed by atoms with Crippen molar-refractivity contribution >= 4 is 46.6 Å². The molecular formula is C12H16ClIN2O2. The van der Waals surface area contributed by atoms with Crippen molar-refractivity contribution in [2.24, 2.45) is 5.73 Å². The highest BCUT2D eigenvalue weighted by Gasteiger charge is 2.35. The van der Waals surface area contributed by atoms with Crippen LogP contribution in [0.15, 0.2) is 24.3 Å². The quantitative estimate of drug-likeness (QED) is 0.771. The second kappa shape index (κ2) is 6.70. The van der Waals surface area contributed by atoms with E-state index in [2.05, 4.69) is 27.9 Å².